The third-order valence-corrected chi connectivity index (χ3v) is 8.21. The number of aromatic nitrogens is 3. The third-order valence-electron chi connectivity index (χ3n) is 7.25. The van der Waals surface area contributed by atoms with Crippen LogP contribution in [0.15, 0.2) is 36.5 Å². The quantitative estimate of drug-likeness (QED) is 0.265. The molecule has 3 aromatic heterocycles. The number of piperidine rings is 1. The average Bonchev–Trinajstić information content (AvgIpc) is 3.52. The second-order valence-corrected chi connectivity index (χ2v) is 12.5. The molecular formula is C31H35FN6O2S. The van der Waals surface area contributed by atoms with Crippen LogP contribution in [0, 0.1) is 24.1 Å². The molecule has 1 aliphatic rings. The second kappa shape index (κ2) is 11.5. The molecule has 1 fully saturated rings. The Labute approximate surface area is 243 Å². The van der Waals surface area contributed by atoms with Gasteiger partial charge in [0.25, 0.3) is 0 Å². The van der Waals surface area contributed by atoms with Crippen LogP contribution in [0.4, 0.5) is 15.0 Å². The first kappa shape index (κ1) is 28.6. The van der Waals surface area contributed by atoms with Crippen LogP contribution in [0.2, 0.25) is 0 Å². The number of anilines is 1. The number of benzene rings is 1. The van der Waals surface area contributed by atoms with Crippen molar-refractivity contribution in [2.24, 2.45) is 0 Å². The first-order valence-corrected chi connectivity index (χ1v) is 14.8. The number of carbonyl (C=O) groups excluding carboxylic acids is 1. The number of pyridine rings is 1. The number of ether oxygens (including phenoxy) is 1. The summed E-state index contributed by atoms with van der Waals surface area (Å²) in [4.78, 5) is 24.5. The monoisotopic (exact) mass is 574 g/mol. The van der Waals surface area contributed by atoms with E-state index in [2.05, 4.69) is 41.9 Å². The molecule has 0 unspecified atom stereocenters. The molecule has 1 N–H and O–H groups in total. The number of thiazole rings is 1. The Balaban J connectivity index is 1.36. The molecule has 0 radical (unpaired) electrons. The highest BCUT2D eigenvalue weighted by Crippen LogP contribution is 2.33. The van der Waals surface area contributed by atoms with Crippen LogP contribution in [0.25, 0.3) is 16.9 Å². The normalized spacial score (nSPS) is 14.3. The molecule has 0 bridgehead atoms. The average molecular weight is 575 g/mol. The standard InChI is InChI=1S/C31H35FN6O2S/c1-6-24-29(34-17-26-36-27(25(16-33)41-26)21-7-9-23(32)10-8-21)38-18-22(15-19(2)28(38)35-24)20-11-13-37(14-12-20)30(39)40-31(3,4)5/h7-10,15,18,20,34H,6,11-14,17H2,1-5H3. The second-order valence-electron chi connectivity index (χ2n) is 11.4. The molecule has 0 saturated carbocycles. The Morgan fingerprint density at radius 2 is 1.93 bits per heavy atom. The van der Waals surface area contributed by atoms with E-state index >= 15 is 0 Å². The summed E-state index contributed by atoms with van der Waals surface area (Å²) in [5.41, 5.74) is 4.96. The lowest BCUT2D eigenvalue weighted by molar-refractivity contribution is 0.0204. The molecule has 4 aromatic rings. The summed E-state index contributed by atoms with van der Waals surface area (Å²) >= 11 is 1.33. The fourth-order valence-corrected chi connectivity index (χ4v) is 6.06. The number of hydrogen-bond donors (Lipinski definition) is 1. The lowest BCUT2D eigenvalue weighted by Crippen LogP contribution is -2.41. The first-order valence-electron chi connectivity index (χ1n) is 13.9. The van der Waals surface area contributed by atoms with E-state index in [-0.39, 0.29) is 11.9 Å². The van der Waals surface area contributed by atoms with Gasteiger partial charge in [-0.2, -0.15) is 5.26 Å². The molecule has 1 saturated heterocycles. The zero-order chi connectivity index (χ0) is 29.3. The summed E-state index contributed by atoms with van der Waals surface area (Å²) in [6, 6.07) is 10.5. The Morgan fingerprint density at radius 1 is 1.22 bits per heavy atom. The molecule has 4 heterocycles. The maximum absolute atomic E-state index is 13.4. The van der Waals surface area contributed by atoms with Crippen LogP contribution in [-0.4, -0.2) is 44.1 Å². The first-order chi connectivity index (χ1) is 19.6. The number of aryl methyl sites for hydroxylation is 2. The van der Waals surface area contributed by atoms with E-state index in [9.17, 15) is 14.4 Å². The van der Waals surface area contributed by atoms with E-state index in [1.165, 1.54) is 29.0 Å². The molecule has 8 nitrogen and oxygen atoms in total. The van der Waals surface area contributed by atoms with Gasteiger partial charge >= 0.3 is 6.09 Å². The minimum Gasteiger partial charge on any atom is -0.444 e. The lowest BCUT2D eigenvalue weighted by Gasteiger charge is -2.33. The van der Waals surface area contributed by atoms with Gasteiger partial charge in [-0.15, -0.1) is 11.3 Å². The SMILES string of the molecule is CCc1nc2c(C)cc(C3CCN(C(=O)OC(C)(C)C)CC3)cn2c1NCc1nc(-c2ccc(F)cc2)c(C#N)s1. The topological polar surface area (TPSA) is 95.6 Å². The number of amides is 1. The highest BCUT2D eigenvalue weighted by atomic mass is 32.1. The van der Waals surface area contributed by atoms with Gasteiger partial charge in [0.15, 0.2) is 0 Å². The maximum atomic E-state index is 13.4. The Morgan fingerprint density at radius 3 is 2.56 bits per heavy atom. The molecule has 0 spiro atoms. The summed E-state index contributed by atoms with van der Waals surface area (Å²) in [5.74, 6) is 0.913. The van der Waals surface area contributed by atoms with Gasteiger partial charge < -0.3 is 15.0 Å². The van der Waals surface area contributed by atoms with Crippen molar-refractivity contribution in [3.05, 3.63) is 69.1 Å². The number of imidazole rings is 1. The number of likely N-dealkylation sites (tertiary alicyclic amines) is 1. The molecule has 1 amide bonds. The molecule has 5 rings (SSSR count). The van der Waals surface area contributed by atoms with E-state index in [1.54, 1.807) is 17.0 Å². The van der Waals surface area contributed by atoms with Gasteiger partial charge in [0.05, 0.1) is 17.9 Å². The Hall–Kier alpha value is -3.97. The summed E-state index contributed by atoms with van der Waals surface area (Å²) in [7, 11) is 0. The number of carbonyl (C=O) groups is 1. The fraction of sp³-hybridized carbons (Fsp3) is 0.419. The molecular weight excluding hydrogens is 539 g/mol. The molecule has 10 heteroatoms. The lowest BCUT2D eigenvalue weighted by atomic mass is 9.90. The summed E-state index contributed by atoms with van der Waals surface area (Å²) in [6.45, 7) is 11.6. The van der Waals surface area contributed by atoms with Gasteiger partial charge in [-0.1, -0.05) is 13.0 Å². The largest absolute Gasteiger partial charge is 0.444 e. The number of nitrogens with zero attached hydrogens (tertiary/aromatic N) is 5. The highest BCUT2D eigenvalue weighted by Gasteiger charge is 2.28. The van der Waals surface area contributed by atoms with Crippen LogP contribution in [0.5, 0.6) is 0 Å². The smallest absolute Gasteiger partial charge is 0.410 e. The van der Waals surface area contributed by atoms with E-state index in [0.717, 1.165) is 47.0 Å². The van der Waals surface area contributed by atoms with Crippen molar-refractivity contribution < 1.29 is 13.9 Å². The van der Waals surface area contributed by atoms with Crippen molar-refractivity contribution in [1.29, 1.82) is 5.26 Å². The maximum Gasteiger partial charge on any atom is 0.410 e. The predicted molar refractivity (Wildman–Crippen MR) is 159 cm³/mol. The molecule has 0 aliphatic carbocycles. The molecule has 41 heavy (non-hydrogen) atoms. The van der Waals surface area contributed by atoms with Crippen LogP contribution in [0.1, 0.15) is 73.2 Å². The number of rotatable bonds is 6. The molecule has 1 aromatic carbocycles. The van der Waals surface area contributed by atoms with Crippen LogP contribution < -0.4 is 5.32 Å². The van der Waals surface area contributed by atoms with E-state index in [1.807, 2.05) is 20.8 Å². The third kappa shape index (κ3) is 6.20. The van der Waals surface area contributed by atoms with E-state index in [4.69, 9.17) is 14.7 Å². The van der Waals surface area contributed by atoms with Crippen LogP contribution in [-0.2, 0) is 17.7 Å². The number of hydrogen-bond acceptors (Lipinski definition) is 7. The van der Waals surface area contributed by atoms with Crippen molar-refractivity contribution in [1.82, 2.24) is 19.3 Å². The number of nitriles is 1. The molecule has 0 atom stereocenters. The van der Waals surface area contributed by atoms with Gasteiger partial charge in [0.1, 0.15) is 38.8 Å². The molecule has 1 aliphatic heterocycles. The van der Waals surface area contributed by atoms with Crippen molar-refractivity contribution in [2.45, 2.75) is 71.9 Å². The van der Waals surface area contributed by atoms with Crippen molar-refractivity contribution in [3.63, 3.8) is 0 Å². The van der Waals surface area contributed by atoms with E-state index < -0.39 is 5.60 Å². The van der Waals surface area contributed by atoms with Crippen molar-refractivity contribution in [2.75, 3.05) is 18.4 Å². The fourth-order valence-electron chi connectivity index (χ4n) is 5.24. The number of nitrogens with one attached hydrogen (secondary N) is 1. The van der Waals surface area contributed by atoms with E-state index in [0.29, 0.717) is 41.7 Å². The predicted octanol–water partition coefficient (Wildman–Crippen LogP) is 7.07. The summed E-state index contributed by atoms with van der Waals surface area (Å²) in [5, 5.41) is 14.0. The zero-order valence-electron chi connectivity index (χ0n) is 24.1. The van der Waals surface area contributed by atoms with Gasteiger partial charge in [-0.3, -0.25) is 4.40 Å². The summed E-state index contributed by atoms with van der Waals surface area (Å²) in [6.07, 6.45) is 4.40. The summed E-state index contributed by atoms with van der Waals surface area (Å²) < 4.78 is 21.1. The van der Waals surface area contributed by atoms with Gasteiger partial charge in [0.2, 0.25) is 0 Å². The van der Waals surface area contributed by atoms with Crippen molar-refractivity contribution in [3.8, 4) is 17.3 Å². The number of fused-ring (bicyclic) bond motifs is 1. The van der Waals surface area contributed by atoms with Crippen LogP contribution in [0.3, 0.4) is 0 Å². The minimum absolute atomic E-state index is 0.249. The van der Waals surface area contributed by atoms with Gasteiger partial charge in [0, 0.05) is 24.8 Å². The van der Waals surface area contributed by atoms with Crippen molar-refractivity contribution >= 4 is 28.9 Å². The molecule has 214 valence electrons. The van der Waals surface area contributed by atoms with Gasteiger partial charge in [-0.05, 0) is 88.3 Å². The highest BCUT2D eigenvalue weighted by molar-refractivity contribution is 7.12. The minimum atomic E-state index is -0.505. The Bertz CT molecular complexity index is 1600. The Kier molecular flexibility index (Phi) is 8.00. The number of halogens is 1. The van der Waals surface area contributed by atoms with Gasteiger partial charge in [-0.25, -0.2) is 19.2 Å². The van der Waals surface area contributed by atoms with Crippen LogP contribution >= 0.6 is 11.3 Å². The zero-order valence-corrected chi connectivity index (χ0v) is 24.9.